The first-order chi connectivity index (χ1) is 5.88. The summed E-state index contributed by atoms with van der Waals surface area (Å²) >= 11 is 0. The summed E-state index contributed by atoms with van der Waals surface area (Å²) in [7, 11) is 0. The van der Waals surface area contributed by atoms with Crippen LogP contribution in [0.2, 0.25) is 0 Å². The first-order valence-corrected chi connectivity index (χ1v) is 4.16. The zero-order valence-electron chi connectivity index (χ0n) is 7.12. The van der Waals surface area contributed by atoms with Crippen molar-refractivity contribution in [2.45, 2.75) is 13.3 Å². The summed E-state index contributed by atoms with van der Waals surface area (Å²) < 4.78 is 0. The third-order valence-electron chi connectivity index (χ3n) is 2.11. The summed E-state index contributed by atoms with van der Waals surface area (Å²) in [6.45, 7) is 2.13. The molecule has 0 spiro atoms. The highest BCUT2D eigenvalue weighted by Gasteiger charge is 2.07. The first-order valence-electron chi connectivity index (χ1n) is 4.16. The molecule has 1 aromatic rings. The molecule has 0 aromatic carbocycles. The fourth-order valence-electron chi connectivity index (χ4n) is 1.45. The molecule has 0 N–H and O–H groups in total. The normalized spacial score (nSPS) is 15.8. The maximum absolute atomic E-state index is 4.30. The molecule has 0 bridgehead atoms. The molecular weight excluding hydrogens is 146 g/mol. The van der Waals surface area contributed by atoms with Gasteiger partial charge in [0.15, 0.2) is 0 Å². The monoisotopic (exact) mass is 157 g/mol. The van der Waals surface area contributed by atoms with Crippen LogP contribution in [0.15, 0.2) is 42.1 Å². The van der Waals surface area contributed by atoms with Gasteiger partial charge in [0.2, 0.25) is 0 Å². The van der Waals surface area contributed by atoms with Gasteiger partial charge in [0.05, 0.1) is 5.69 Å². The van der Waals surface area contributed by atoms with Crippen molar-refractivity contribution in [3.8, 4) is 0 Å². The smallest absolute Gasteiger partial charge is 0.0701 e. The summed E-state index contributed by atoms with van der Waals surface area (Å²) in [5.74, 6) is 0. The summed E-state index contributed by atoms with van der Waals surface area (Å²) in [6, 6.07) is 6.02. The zero-order chi connectivity index (χ0) is 8.39. The van der Waals surface area contributed by atoms with Gasteiger partial charge in [-0.3, -0.25) is 4.98 Å². The molecule has 1 heteroatoms. The molecule has 1 aromatic heterocycles. The van der Waals surface area contributed by atoms with E-state index in [4.69, 9.17) is 0 Å². The molecule has 1 aliphatic carbocycles. The minimum Gasteiger partial charge on any atom is -0.256 e. The Morgan fingerprint density at radius 3 is 2.75 bits per heavy atom. The molecule has 0 atom stereocenters. The van der Waals surface area contributed by atoms with Gasteiger partial charge >= 0.3 is 0 Å². The lowest BCUT2D eigenvalue weighted by Crippen LogP contribution is -1.86. The van der Waals surface area contributed by atoms with E-state index in [-0.39, 0.29) is 0 Å². The highest BCUT2D eigenvalue weighted by molar-refractivity contribution is 5.78. The standard InChI is InChI=1S/C11H11N/c1-9-5-4-6-10(9)11-7-2-3-8-12-11/h2-3,5-8H,4H2,1H3. The molecule has 0 aliphatic heterocycles. The number of nitrogens with zero attached hydrogens (tertiary/aromatic N) is 1. The van der Waals surface area contributed by atoms with E-state index in [0.717, 1.165) is 12.1 Å². The predicted molar refractivity (Wildman–Crippen MR) is 50.6 cm³/mol. The van der Waals surface area contributed by atoms with Gasteiger partial charge in [-0.2, -0.15) is 0 Å². The van der Waals surface area contributed by atoms with Crippen molar-refractivity contribution in [1.29, 1.82) is 0 Å². The molecule has 1 aliphatic rings. The maximum Gasteiger partial charge on any atom is 0.0701 e. The number of rotatable bonds is 1. The second-order valence-corrected chi connectivity index (χ2v) is 2.96. The largest absolute Gasteiger partial charge is 0.256 e. The topological polar surface area (TPSA) is 12.9 Å². The minimum absolute atomic E-state index is 1.05. The Hall–Kier alpha value is -1.37. The number of allylic oxidation sites excluding steroid dienone is 4. The minimum atomic E-state index is 1.05. The summed E-state index contributed by atoms with van der Waals surface area (Å²) in [5, 5.41) is 0. The third-order valence-corrected chi connectivity index (χ3v) is 2.11. The molecule has 60 valence electrons. The molecule has 0 radical (unpaired) electrons. The van der Waals surface area contributed by atoms with Crippen molar-refractivity contribution < 1.29 is 0 Å². The Labute approximate surface area is 72.5 Å². The van der Waals surface area contributed by atoms with Gasteiger partial charge in [0.1, 0.15) is 0 Å². The molecule has 2 rings (SSSR count). The Morgan fingerprint density at radius 1 is 1.25 bits per heavy atom. The number of hydrogen-bond donors (Lipinski definition) is 0. The van der Waals surface area contributed by atoms with E-state index in [0.29, 0.717) is 0 Å². The second kappa shape index (κ2) is 2.94. The third kappa shape index (κ3) is 1.18. The fourth-order valence-corrected chi connectivity index (χ4v) is 1.45. The van der Waals surface area contributed by atoms with Crippen molar-refractivity contribution in [2.24, 2.45) is 0 Å². The summed E-state index contributed by atoms with van der Waals surface area (Å²) in [4.78, 5) is 4.30. The zero-order valence-corrected chi connectivity index (χ0v) is 7.12. The van der Waals surface area contributed by atoms with Crippen LogP contribution in [-0.2, 0) is 0 Å². The van der Waals surface area contributed by atoms with E-state index in [2.05, 4.69) is 30.1 Å². The summed E-state index contributed by atoms with van der Waals surface area (Å²) in [6.07, 6.45) is 7.33. The van der Waals surface area contributed by atoms with Gasteiger partial charge in [-0.05, 0) is 36.6 Å². The number of aromatic nitrogens is 1. The van der Waals surface area contributed by atoms with E-state index in [9.17, 15) is 0 Å². The van der Waals surface area contributed by atoms with Crippen LogP contribution in [0, 0.1) is 0 Å². The highest BCUT2D eigenvalue weighted by atomic mass is 14.7. The van der Waals surface area contributed by atoms with Crippen molar-refractivity contribution in [3.05, 3.63) is 47.8 Å². The van der Waals surface area contributed by atoms with E-state index in [1.807, 2.05) is 18.3 Å². The molecule has 1 nitrogen and oxygen atoms in total. The highest BCUT2D eigenvalue weighted by Crippen LogP contribution is 2.26. The lowest BCUT2D eigenvalue weighted by Gasteiger charge is -2.01. The average Bonchev–Trinajstić information content (AvgIpc) is 2.53. The van der Waals surface area contributed by atoms with Crippen LogP contribution >= 0.6 is 0 Å². The fraction of sp³-hybridized carbons (Fsp3) is 0.182. The SMILES string of the molecule is CC1=CCC=C1c1ccccn1. The van der Waals surface area contributed by atoms with Crippen molar-refractivity contribution in [3.63, 3.8) is 0 Å². The second-order valence-electron chi connectivity index (χ2n) is 2.96. The van der Waals surface area contributed by atoms with Gasteiger partial charge in [-0.15, -0.1) is 0 Å². The van der Waals surface area contributed by atoms with Gasteiger partial charge < -0.3 is 0 Å². The van der Waals surface area contributed by atoms with Gasteiger partial charge in [-0.25, -0.2) is 0 Å². The summed E-state index contributed by atoms with van der Waals surface area (Å²) in [5.41, 5.74) is 3.72. The Kier molecular flexibility index (Phi) is 1.78. The van der Waals surface area contributed by atoms with Crippen molar-refractivity contribution in [1.82, 2.24) is 4.98 Å². The molecule has 1 heterocycles. The van der Waals surface area contributed by atoms with Crippen LogP contribution in [0.3, 0.4) is 0 Å². The Balaban J connectivity index is 2.39. The van der Waals surface area contributed by atoms with Gasteiger partial charge in [0.25, 0.3) is 0 Å². The van der Waals surface area contributed by atoms with Crippen LogP contribution in [0.25, 0.3) is 5.57 Å². The Morgan fingerprint density at radius 2 is 2.17 bits per heavy atom. The first kappa shape index (κ1) is 7.29. The van der Waals surface area contributed by atoms with Crippen LogP contribution in [0.1, 0.15) is 19.0 Å². The molecule has 0 unspecified atom stereocenters. The molecule has 0 saturated heterocycles. The van der Waals surface area contributed by atoms with E-state index >= 15 is 0 Å². The molecular formula is C11H11N. The van der Waals surface area contributed by atoms with E-state index < -0.39 is 0 Å². The molecule has 0 saturated carbocycles. The van der Waals surface area contributed by atoms with Gasteiger partial charge in [0, 0.05) is 6.20 Å². The van der Waals surface area contributed by atoms with Crippen LogP contribution in [0.4, 0.5) is 0 Å². The van der Waals surface area contributed by atoms with Crippen LogP contribution in [0.5, 0.6) is 0 Å². The van der Waals surface area contributed by atoms with E-state index in [1.54, 1.807) is 0 Å². The maximum atomic E-state index is 4.30. The lowest BCUT2D eigenvalue weighted by molar-refractivity contribution is 1.27. The average molecular weight is 157 g/mol. The molecule has 0 fully saturated rings. The quantitative estimate of drug-likeness (QED) is 0.610. The lowest BCUT2D eigenvalue weighted by atomic mass is 10.1. The molecule has 12 heavy (non-hydrogen) atoms. The Bertz CT molecular complexity index is 333. The van der Waals surface area contributed by atoms with Gasteiger partial charge in [-0.1, -0.05) is 18.2 Å². The van der Waals surface area contributed by atoms with Crippen molar-refractivity contribution >= 4 is 5.57 Å². The van der Waals surface area contributed by atoms with Crippen molar-refractivity contribution in [2.75, 3.05) is 0 Å². The van der Waals surface area contributed by atoms with Crippen LogP contribution < -0.4 is 0 Å². The number of hydrogen-bond acceptors (Lipinski definition) is 1. The molecule has 0 amide bonds. The van der Waals surface area contributed by atoms with Crippen LogP contribution in [-0.4, -0.2) is 4.98 Å². The van der Waals surface area contributed by atoms with E-state index in [1.165, 1.54) is 11.1 Å². The number of pyridine rings is 1. The predicted octanol–water partition coefficient (Wildman–Crippen LogP) is 2.82.